The maximum atomic E-state index is 11.6. The number of piperidine rings is 1. The lowest BCUT2D eigenvalue weighted by atomic mass is 10.0. The van der Waals surface area contributed by atoms with Gasteiger partial charge >= 0.3 is 0 Å². The van der Waals surface area contributed by atoms with Crippen molar-refractivity contribution in [3.05, 3.63) is 0 Å². The minimum atomic E-state index is 0.0493. The number of rotatable bonds is 7. The Kier molecular flexibility index (Phi) is 7.23. The molecule has 1 atom stereocenters. The van der Waals surface area contributed by atoms with Crippen molar-refractivity contribution in [2.45, 2.75) is 32.7 Å². The van der Waals surface area contributed by atoms with Crippen molar-refractivity contribution in [2.24, 2.45) is 5.92 Å². The summed E-state index contributed by atoms with van der Waals surface area (Å²) in [5.41, 5.74) is 0. The Morgan fingerprint density at radius 1 is 1.50 bits per heavy atom. The summed E-state index contributed by atoms with van der Waals surface area (Å²) < 4.78 is 5.26. The summed E-state index contributed by atoms with van der Waals surface area (Å²) in [5.74, 6) is 0.187. The Morgan fingerprint density at radius 2 is 2.28 bits per heavy atom. The highest BCUT2D eigenvalue weighted by Gasteiger charge is 2.21. The van der Waals surface area contributed by atoms with Crippen LogP contribution in [0.1, 0.15) is 26.7 Å². The summed E-state index contributed by atoms with van der Waals surface area (Å²) in [7, 11) is 0. The summed E-state index contributed by atoms with van der Waals surface area (Å²) in [6, 6.07) is 0.270. The molecule has 5 heteroatoms. The van der Waals surface area contributed by atoms with Crippen LogP contribution < -0.4 is 5.32 Å². The van der Waals surface area contributed by atoms with Gasteiger partial charge in [0.15, 0.2) is 0 Å². The summed E-state index contributed by atoms with van der Waals surface area (Å²) in [4.78, 5) is 13.9. The van der Waals surface area contributed by atoms with E-state index in [1.807, 2.05) is 13.8 Å². The summed E-state index contributed by atoms with van der Waals surface area (Å²) in [6.07, 6.45) is 2.18. The largest absolute Gasteiger partial charge is 0.394 e. The predicted molar refractivity (Wildman–Crippen MR) is 70.3 cm³/mol. The molecule has 106 valence electrons. The van der Waals surface area contributed by atoms with Gasteiger partial charge in [-0.1, -0.05) is 13.8 Å². The van der Waals surface area contributed by atoms with Crippen molar-refractivity contribution in [1.82, 2.24) is 10.2 Å². The van der Waals surface area contributed by atoms with E-state index in [0.717, 1.165) is 32.5 Å². The molecule has 0 aromatic heterocycles. The normalized spacial score (nSPS) is 21.2. The number of ether oxygens (including phenoxy) is 1. The van der Waals surface area contributed by atoms with E-state index >= 15 is 0 Å². The smallest absolute Gasteiger partial charge is 0.222 e. The second-order valence-electron chi connectivity index (χ2n) is 5.14. The van der Waals surface area contributed by atoms with Gasteiger partial charge in [0.2, 0.25) is 5.91 Å². The van der Waals surface area contributed by atoms with Crippen LogP contribution in [0.2, 0.25) is 0 Å². The van der Waals surface area contributed by atoms with Crippen LogP contribution in [0.5, 0.6) is 0 Å². The molecule has 0 aromatic carbocycles. The number of carbonyl (C=O) groups is 1. The molecule has 0 spiro atoms. The molecule has 1 unspecified atom stereocenters. The van der Waals surface area contributed by atoms with E-state index in [9.17, 15) is 4.79 Å². The summed E-state index contributed by atoms with van der Waals surface area (Å²) in [5, 5.41) is 11.7. The van der Waals surface area contributed by atoms with Crippen molar-refractivity contribution in [2.75, 3.05) is 39.5 Å². The van der Waals surface area contributed by atoms with Crippen LogP contribution in [0.15, 0.2) is 0 Å². The van der Waals surface area contributed by atoms with Crippen LogP contribution in [0.3, 0.4) is 0 Å². The van der Waals surface area contributed by atoms with Crippen LogP contribution in [0, 0.1) is 5.92 Å². The molecule has 1 rings (SSSR count). The van der Waals surface area contributed by atoms with Crippen LogP contribution in [0.4, 0.5) is 0 Å². The highest BCUT2D eigenvalue weighted by molar-refractivity contribution is 5.78. The first-order chi connectivity index (χ1) is 8.63. The van der Waals surface area contributed by atoms with Gasteiger partial charge in [-0.15, -0.1) is 0 Å². The van der Waals surface area contributed by atoms with E-state index in [0.29, 0.717) is 13.2 Å². The SMILES string of the molecule is CC(C)C(=O)NC1CCCN(CCOCCO)C1. The first kappa shape index (κ1) is 15.4. The molecular formula is C13H26N2O3. The van der Waals surface area contributed by atoms with E-state index < -0.39 is 0 Å². The molecule has 1 amide bonds. The molecule has 1 heterocycles. The fourth-order valence-corrected chi connectivity index (χ4v) is 2.10. The number of nitrogens with one attached hydrogen (secondary N) is 1. The lowest BCUT2D eigenvalue weighted by molar-refractivity contribution is -0.125. The number of hydrogen-bond donors (Lipinski definition) is 2. The van der Waals surface area contributed by atoms with E-state index in [-0.39, 0.29) is 24.5 Å². The van der Waals surface area contributed by atoms with Crippen LogP contribution in [0.25, 0.3) is 0 Å². The lowest BCUT2D eigenvalue weighted by Crippen LogP contribution is -2.49. The Labute approximate surface area is 109 Å². The Morgan fingerprint density at radius 3 is 2.94 bits per heavy atom. The zero-order chi connectivity index (χ0) is 13.4. The van der Waals surface area contributed by atoms with Gasteiger partial charge in [0.1, 0.15) is 0 Å². The predicted octanol–water partition coefficient (Wildman–Crippen LogP) is 0.232. The van der Waals surface area contributed by atoms with Gasteiger partial charge in [-0.05, 0) is 19.4 Å². The minimum absolute atomic E-state index is 0.0493. The van der Waals surface area contributed by atoms with Gasteiger partial charge in [0.05, 0.1) is 19.8 Å². The van der Waals surface area contributed by atoms with Crippen LogP contribution in [-0.2, 0) is 9.53 Å². The standard InChI is InChI=1S/C13H26N2O3/c1-11(2)13(17)14-12-4-3-5-15(10-12)6-8-18-9-7-16/h11-12,16H,3-10H2,1-2H3,(H,14,17). The second kappa shape index (κ2) is 8.45. The summed E-state index contributed by atoms with van der Waals surface area (Å²) in [6.45, 7) is 7.79. The summed E-state index contributed by atoms with van der Waals surface area (Å²) >= 11 is 0. The first-order valence-corrected chi connectivity index (χ1v) is 6.84. The maximum Gasteiger partial charge on any atom is 0.222 e. The molecule has 2 N–H and O–H groups in total. The Bertz CT molecular complexity index is 246. The first-order valence-electron chi connectivity index (χ1n) is 6.84. The van der Waals surface area contributed by atoms with Crippen molar-refractivity contribution < 1.29 is 14.6 Å². The average Bonchev–Trinajstić information content (AvgIpc) is 2.35. The number of nitrogens with zero attached hydrogens (tertiary/aromatic N) is 1. The molecule has 18 heavy (non-hydrogen) atoms. The monoisotopic (exact) mass is 258 g/mol. The quantitative estimate of drug-likeness (QED) is 0.642. The molecule has 1 aliphatic rings. The lowest BCUT2D eigenvalue weighted by Gasteiger charge is -2.33. The third-order valence-electron chi connectivity index (χ3n) is 3.16. The minimum Gasteiger partial charge on any atom is -0.394 e. The van der Waals surface area contributed by atoms with Gasteiger partial charge in [0.25, 0.3) is 0 Å². The van der Waals surface area contributed by atoms with Crippen molar-refractivity contribution in [3.8, 4) is 0 Å². The van der Waals surface area contributed by atoms with Gasteiger partial charge in [-0.25, -0.2) is 0 Å². The maximum absolute atomic E-state index is 11.6. The van der Waals surface area contributed by atoms with Gasteiger partial charge in [-0.2, -0.15) is 0 Å². The molecule has 0 aliphatic carbocycles. The third kappa shape index (κ3) is 5.80. The van der Waals surface area contributed by atoms with E-state index in [4.69, 9.17) is 9.84 Å². The number of aliphatic hydroxyl groups is 1. The fraction of sp³-hybridized carbons (Fsp3) is 0.923. The third-order valence-corrected chi connectivity index (χ3v) is 3.16. The number of hydrogen-bond acceptors (Lipinski definition) is 4. The van der Waals surface area contributed by atoms with Gasteiger partial charge in [0, 0.05) is 25.0 Å². The average molecular weight is 258 g/mol. The number of likely N-dealkylation sites (tertiary alicyclic amines) is 1. The molecule has 0 saturated carbocycles. The number of carbonyl (C=O) groups excluding carboxylic acids is 1. The molecule has 0 aromatic rings. The highest BCUT2D eigenvalue weighted by atomic mass is 16.5. The fourth-order valence-electron chi connectivity index (χ4n) is 2.10. The van der Waals surface area contributed by atoms with Crippen molar-refractivity contribution in [3.63, 3.8) is 0 Å². The zero-order valence-corrected chi connectivity index (χ0v) is 11.5. The molecule has 1 fully saturated rings. The Balaban J connectivity index is 2.21. The van der Waals surface area contributed by atoms with Gasteiger partial charge in [-0.3, -0.25) is 9.69 Å². The molecule has 0 radical (unpaired) electrons. The molecule has 1 aliphatic heterocycles. The van der Waals surface area contributed by atoms with Gasteiger partial charge < -0.3 is 15.2 Å². The van der Waals surface area contributed by atoms with Crippen molar-refractivity contribution >= 4 is 5.91 Å². The topological polar surface area (TPSA) is 61.8 Å². The van der Waals surface area contributed by atoms with E-state index in [1.54, 1.807) is 0 Å². The van der Waals surface area contributed by atoms with E-state index in [1.165, 1.54) is 0 Å². The van der Waals surface area contributed by atoms with Crippen molar-refractivity contribution in [1.29, 1.82) is 0 Å². The van der Waals surface area contributed by atoms with Crippen LogP contribution in [-0.4, -0.2) is 61.4 Å². The molecule has 1 saturated heterocycles. The molecule has 5 nitrogen and oxygen atoms in total. The highest BCUT2D eigenvalue weighted by Crippen LogP contribution is 2.10. The van der Waals surface area contributed by atoms with Crippen LogP contribution >= 0.6 is 0 Å². The zero-order valence-electron chi connectivity index (χ0n) is 11.5. The van der Waals surface area contributed by atoms with E-state index in [2.05, 4.69) is 10.2 Å². The molecular weight excluding hydrogens is 232 g/mol. The molecule has 0 bridgehead atoms. The number of aliphatic hydroxyl groups excluding tert-OH is 1. The second-order valence-corrected chi connectivity index (χ2v) is 5.14. The Hall–Kier alpha value is -0.650. The number of amides is 1.